The van der Waals surface area contributed by atoms with Crippen LogP contribution >= 0.6 is 0 Å². The molecule has 1 N–H and O–H groups in total. The molecule has 1 heterocycles. The molecule has 0 unspecified atom stereocenters. The summed E-state index contributed by atoms with van der Waals surface area (Å²) in [6.07, 6.45) is 1.56. The Morgan fingerprint density at radius 2 is 2.05 bits per heavy atom. The number of ether oxygens (including phenoxy) is 1. The first-order chi connectivity index (χ1) is 9.61. The summed E-state index contributed by atoms with van der Waals surface area (Å²) in [5.41, 5.74) is 0.521. The maximum absolute atomic E-state index is 12.3. The number of nitrogens with zero attached hydrogens (tertiary/aromatic N) is 1. The van der Waals surface area contributed by atoms with Crippen LogP contribution in [0, 0.1) is 5.92 Å². The Kier molecular flexibility index (Phi) is 4.61. The van der Waals surface area contributed by atoms with E-state index in [1.54, 1.807) is 24.0 Å². The van der Waals surface area contributed by atoms with Gasteiger partial charge in [0.2, 0.25) is 0 Å². The van der Waals surface area contributed by atoms with Crippen LogP contribution in [-0.4, -0.2) is 41.6 Å². The summed E-state index contributed by atoms with van der Waals surface area (Å²) in [5, 5.41) is 9.24. The minimum atomic E-state index is -0.232. The second-order valence-electron chi connectivity index (χ2n) is 4.89. The lowest BCUT2D eigenvalue weighted by Gasteiger charge is -2.31. The number of rotatable bonds is 3. The standard InChI is InChI=1S/C15H19NO4/c1-2-20-15(19)12-4-3-9-16(10-12)14(18)11-5-7-13(17)8-6-11/h5-8,12,17H,2-4,9-10H2,1H3/t12-/m1/s1. The molecule has 0 aromatic heterocycles. The topological polar surface area (TPSA) is 66.8 Å². The van der Waals surface area contributed by atoms with Crippen LogP contribution in [0.25, 0.3) is 0 Å². The van der Waals surface area contributed by atoms with E-state index in [9.17, 15) is 14.7 Å². The Balaban J connectivity index is 2.03. The zero-order valence-electron chi connectivity index (χ0n) is 11.5. The molecule has 1 atom stereocenters. The number of aromatic hydroxyl groups is 1. The summed E-state index contributed by atoms with van der Waals surface area (Å²) < 4.78 is 5.02. The van der Waals surface area contributed by atoms with Gasteiger partial charge in [0.1, 0.15) is 5.75 Å². The van der Waals surface area contributed by atoms with Crippen LogP contribution in [-0.2, 0) is 9.53 Å². The minimum Gasteiger partial charge on any atom is -0.508 e. The Bertz CT molecular complexity index is 483. The average Bonchev–Trinajstić information content (AvgIpc) is 2.48. The van der Waals surface area contributed by atoms with Crippen molar-refractivity contribution in [3.63, 3.8) is 0 Å². The van der Waals surface area contributed by atoms with Crippen molar-refractivity contribution in [2.75, 3.05) is 19.7 Å². The Morgan fingerprint density at radius 3 is 2.70 bits per heavy atom. The van der Waals surface area contributed by atoms with Crippen molar-refractivity contribution in [1.29, 1.82) is 0 Å². The monoisotopic (exact) mass is 277 g/mol. The number of benzene rings is 1. The molecule has 1 aromatic carbocycles. The van der Waals surface area contributed by atoms with Crippen LogP contribution < -0.4 is 0 Å². The molecular formula is C15H19NO4. The van der Waals surface area contributed by atoms with Crippen molar-refractivity contribution < 1.29 is 19.4 Å². The molecule has 1 aliphatic heterocycles. The van der Waals surface area contributed by atoms with Gasteiger partial charge in [0.15, 0.2) is 0 Å². The zero-order chi connectivity index (χ0) is 14.5. The maximum Gasteiger partial charge on any atom is 0.310 e. The van der Waals surface area contributed by atoms with E-state index in [4.69, 9.17) is 4.74 Å². The van der Waals surface area contributed by atoms with Gasteiger partial charge in [-0.2, -0.15) is 0 Å². The highest BCUT2D eigenvalue weighted by Crippen LogP contribution is 2.20. The summed E-state index contributed by atoms with van der Waals surface area (Å²) in [6, 6.07) is 6.15. The van der Waals surface area contributed by atoms with E-state index in [1.165, 1.54) is 12.1 Å². The van der Waals surface area contributed by atoms with Gasteiger partial charge < -0.3 is 14.7 Å². The molecule has 1 amide bonds. The van der Waals surface area contributed by atoms with E-state index in [-0.39, 0.29) is 23.5 Å². The van der Waals surface area contributed by atoms with E-state index < -0.39 is 0 Å². The lowest BCUT2D eigenvalue weighted by atomic mass is 9.97. The molecule has 0 bridgehead atoms. The second-order valence-corrected chi connectivity index (χ2v) is 4.89. The van der Waals surface area contributed by atoms with Gasteiger partial charge in [-0.1, -0.05) is 0 Å². The molecule has 108 valence electrons. The van der Waals surface area contributed by atoms with E-state index in [1.807, 2.05) is 0 Å². The molecule has 1 aliphatic rings. The number of hydrogen-bond donors (Lipinski definition) is 1. The molecule has 20 heavy (non-hydrogen) atoms. The van der Waals surface area contributed by atoms with Crippen molar-refractivity contribution in [3.8, 4) is 5.75 Å². The third kappa shape index (κ3) is 3.29. The number of carbonyl (C=O) groups excluding carboxylic acids is 2. The van der Waals surface area contributed by atoms with Crippen LogP contribution in [0.5, 0.6) is 5.75 Å². The van der Waals surface area contributed by atoms with Gasteiger partial charge in [0.05, 0.1) is 12.5 Å². The van der Waals surface area contributed by atoms with Crippen LogP contribution in [0.1, 0.15) is 30.1 Å². The van der Waals surface area contributed by atoms with Crippen LogP contribution in [0.2, 0.25) is 0 Å². The van der Waals surface area contributed by atoms with Crippen LogP contribution in [0.3, 0.4) is 0 Å². The van der Waals surface area contributed by atoms with E-state index in [0.29, 0.717) is 25.3 Å². The SMILES string of the molecule is CCOC(=O)[C@@H]1CCCN(C(=O)c2ccc(O)cc2)C1. The Morgan fingerprint density at radius 1 is 1.35 bits per heavy atom. The predicted molar refractivity (Wildman–Crippen MR) is 73.4 cm³/mol. The van der Waals surface area contributed by atoms with Crippen LogP contribution in [0.4, 0.5) is 0 Å². The number of esters is 1. The molecule has 1 fully saturated rings. The molecular weight excluding hydrogens is 258 g/mol. The van der Waals surface area contributed by atoms with Gasteiger partial charge >= 0.3 is 5.97 Å². The van der Waals surface area contributed by atoms with Crippen LogP contribution in [0.15, 0.2) is 24.3 Å². The summed E-state index contributed by atoms with van der Waals surface area (Å²) in [6.45, 7) is 3.19. The first kappa shape index (κ1) is 14.4. The van der Waals surface area contributed by atoms with Gasteiger partial charge in [-0.15, -0.1) is 0 Å². The summed E-state index contributed by atoms with van der Waals surface area (Å²) in [4.78, 5) is 25.8. The fourth-order valence-corrected chi connectivity index (χ4v) is 2.40. The van der Waals surface area contributed by atoms with Gasteiger partial charge in [0, 0.05) is 18.7 Å². The van der Waals surface area contributed by atoms with Gasteiger partial charge in [-0.05, 0) is 44.0 Å². The van der Waals surface area contributed by atoms with Crippen molar-refractivity contribution in [2.24, 2.45) is 5.92 Å². The highest BCUT2D eigenvalue weighted by atomic mass is 16.5. The molecule has 5 heteroatoms. The molecule has 2 rings (SSSR count). The van der Waals surface area contributed by atoms with E-state index in [0.717, 1.165) is 12.8 Å². The Hall–Kier alpha value is -2.04. The molecule has 0 aliphatic carbocycles. The van der Waals surface area contributed by atoms with Gasteiger partial charge in [-0.25, -0.2) is 0 Å². The van der Waals surface area contributed by atoms with E-state index >= 15 is 0 Å². The minimum absolute atomic E-state index is 0.112. The summed E-state index contributed by atoms with van der Waals surface area (Å²) in [5.74, 6) is -0.441. The number of hydrogen-bond acceptors (Lipinski definition) is 4. The number of carbonyl (C=O) groups is 2. The highest BCUT2D eigenvalue weighted by Gasteiger charge is 2.29. The lowest BCUT2D eigenvalue weighted by Crippen LogP contribution is -2.42. The largest absolute Gasteiger partial charge is 0.508 e. The van der Waals surface area contributed by atoms with Crippen molar-refractivity contribution >= 4 is 11.9 Å². The first-order valence-corrected chi connectivity index (χ1v) is 6.86. The maximum atomic E-state index is 12.3. The smallest absolute Gasteiger partial charge is 0.310 e. The molecule has 1 saturated heterocycles. The quantitative estimate of drug-likeness (QED) is 0.856. The molecule has 5 nitrogen and oxygen atoms in total. The van der Waals surface area contributed by atoms with Crippen molar-refractivity contribution in [2.45, 2.75) is 19.8 Å². The molecule has 1 aromatic rings. The normalized spacial score (nSPS) is 18.6. The Labute approximate surface area is 118 Å². The molecule has 0 radical (unpaired) electrons. The predicted octanol–water partition coefficient (Wildman–Crippen LogP) is 1.81. The third-order valence-corrected chi connectivity index (χ3v) is 3.44. The van der Waals surface area contributed by atoms with Crippen molar-refractivity contribution in [3.05, 3.63) is 29.8 Å². The van der Waals surface area contributed by atoms with Crippen molar-refractivity contribution in [1.82, 2.24) is 4.90 Å². The molecule has 0 spiro atoms. The highest BCUT2D eigenvalue weighted by molar-refractivity contribution is 5.94. The summed E-state index contributed by atoms with van der Waals surface area (Å²) in [7, 11) is 0. The number of piperidine rings is 1. The third-order valence-electron chi connectivity index (χ3n) is 3.44. The van der Waals surface area contributed by atoms with Gasteiger partial charge in [0.25, 0.3) is 5.91 Å². The summed E-state index contributed by atoms with van der Waals surface area (Å²) >= 11 is 0. The molecule has 0 saturated carbocycles. The fourth-order valence-electron chi connectivity index (χ4n) is 2.40. The number of amides is 1. The first-order valence-electron chi connectivity index (χ1n) is 6.86. The second kappa shape index (κ2) is 6.41. The number of likely N-dealkylation sites (tertiary alicyclic amines) is 1. The fraction of sp³-hybridized carbons (Fsp3) is 0.467. The average molecular weight is 277 g/mol. The lowest BCUT2D eigenvalue weighted by molar-refractivity contribution is -0.149. The number of phenols is 1. The zero-order valence-corrected chi connectivity index (χ0v) is 11.5. The van der Waals surface area contributed by atoms with Gasteiger partial charge in [-0.3, -0.25) is 9.59 Å². The van der Waals surface area contributed by atoms with E-state index in [2.05, 4.69) is 0 Å². The number of phenolic OH excluding ortho intramolecular Hbond substituents is 1.